The molecule has 2 aliphatic heterocycles. The summed E-state index contributed by atoms with van der Waals surface area (Å²) in [5.74, 6) is 0.646. The molecule has 222 valence electrons. The molecule has 10 nitrogen and oxygen atoms in total. The lowest BCUT2D eigenvalue weighted by molar-refractivity contribution is 0.0240. The SMILES string of the molecule is Cc1cc(C)c(CNC(=O)c2cc(-c3ccc(N4CCN(C(=O)OC(C)(C)C)CC4)nc3)cc3c2CCN3C)c(=O)[nH]1. The van der Waals surface area contributed by atoms with Gasteiger partial charge in [0.25, 0.3) is 11.5 Å². The zero-order chi connectivity index (χ0) is 30.2. The minimum atomic E-state index is -0.516. The fourth-order valence-corrected chi connectivity index (χ4v) is 5.58. The highest BCUT2D eigenvalue weighted by atomic mass is 16.6. The molecule has 2 aliphatic rings. The number of fused-ring (bicyclic) bond motifs is 1. The molecular formula is C32H40N6O4. The van der Waals surface area contributed by atoms with Gasteiger partial charge in [0.05, 0.1) is 0 Å². The number of hydrogen-bond acceptors (Lipinski definition) is 7. The van der Waals surface area contributed by atoms with E-state index in [9.17, 15) is 14.4 Å². The average Bonchev–Trinajstić information content (AvgIpc) is 3.31. The third kappa shape index (κ3) is 6.27. The van der Waals surface area contributed by atoms with Crippen molar-refractivity contribution in [3.63, 3.8) is 0 Å². The molecule has 2 amide bonds. The number of benzene rings is 1. The Kier molecular flexibility index (Phi) is 7.99. The Balaban J connectivity index is 1.31. The van der Waals surface area contributed by atoms with Crippen LogP contribution in [0.2, 0.25) is 0 Å². The van der Waals surface area contributed by atoms with E-state index in [1.165, 1.54) is 0 Å². The molecule has 5 rings (SSSR count). The summed E-state index contributed by atoms with van der Waals surface area (Å²) < 4.78 is 5.51. The van der Waals surface area contributed by atoms with E-state index in [-0.39, 0.29) is 24.1 Å². The van der Waals surface area contributed by atoms with Crippen LogP contribution in [0, 0.1) is 13.8 Å². The first-order valence-corrected chi connectivity index (χ1v) is 14.4. The van der Waals surface area contributed by atoms with Gasteiger partial charge in [-0.3, -0.25) is 9.59 Å². The van der Waals surface area contributed by atoms with Crippen LogP contribution >= 0.6 is 0 Å². The van der Waals surface area contributed by atoms with Gasteiger partial charge in [0, 0.05) is 80.6 Å². The molecule has 0 unspecified atom stereocenters. The number of H-pyrrole nitrogens is 1. The van der Waals surface area contributed by atoms with Crippen LogP contribution in [0.3, 0.4) is 0 Å². The number of pyridine rings is 2. The molecule has 0 atom stereocenters. The number of carbonyl (C=O) groups excluding carboxylic acids is 2. The average molecular weight is 573 g/mol. The van der Waals surface area contributed by atoms with Crippen molar-refractivity contribution in [2.45, 2.75) is 53.2 Å². The number of rotatable bonds is 5. The summed E-state index contributed by atoms with van der Waals surface area (Å²) >= 11 is 0. The van der Waals surface area contributed by atoms with Gasteiger partial charge < -0.3 is 29.7 Å². The standard InChI is InChI=1S/C32H40N6O4/c1-20-15-21(2)35-30(40)26(20)19-34-29(39)25-16-23(17-27-24(25)9-10-36(27)6)22-7-8-28(33-18-22)37-11-13-38(14-12-37)31(41)42-32(3,4)5/h7-8,15-18H,9-14,19H2,1-6H3,(H,34,39)(H,35,40). The number of carbonyl (C=O) groups is 2. The van der Waals surface area contributed by atoms with E-state index in [4.69, 9.17) is 9.72 Å². The van der Waals surface area contributed by atoms with Gasteiger partial charge in [-0.25, -0.2) is 9.78 Å². The number of nitrogens with zero attached hydrogens (tertiary/aromatic N) is 4. The summed E-state index contributed by atoms with van der Waals surface area (Å²) in [7, 11) is 2.03. The summed E-state index contributed by atoms with van der Waals surface area (Å²) in [6.45, 7) is 12.8. The molecule has 10 heteroatoms. The molecule has 0 saturated carbocycles. The number of hydrogen-bond donors (Lipinski definition) is 2. The predicted octanol–water partition coefficient (Wildman–Crippen LogP) is 4.03. The number of amides is 2. The Morgan fingerprint density at radius 1 is 1.02 bits per heavy atom. The number of aromatic amines is 1. The second-order valence-electron chi connectivity index (χ2n) is 12.2. The minimum Gasteiger partial charge on any atom is -0.444 e. The maximum atomic E-state index is 13.5. The Morgan fingerprint density at radius 2 is 1.76 bits per heavy atom. The van der Waals surface area contributed by atoms with Crippen molar-refractivity contribution in [2.75, 3.05) is 49.6 Å². The van der Waals surface area contributed by atoms with Gasteiger partial charge in [0.1, 0.15) is 11.4 Å². The van der Waals surface area contributed by atoms with Crippen molar-refractivity contribution in [3.8, 4) is 11.1 Å². The highest BCUT2D eigenvalue weighted by Crippen LogP contribution is 2.35. The molecule has 0 bridgehead atoms. The third-order valence-corrected chi connectivity index (χ3v) is 7.84. The zero-order valence-corrected chi connectivity index (χ0v) is 25.3. The normalized spacial score (nSPS) is 15.0. The highest BCUT2D eigenvalue weighted by Gasteiger charge is 2.27. The maximum absolute atomic E-state index is 13.5. The largest absolute Gasteiger partial charge is 0.444 e. The van der Waals surface area contributed by atoms with Crippen molar-refractivity contribution >= 4 is 23.5 Å². The molecule has 4 heterocycles. The molecule has 42 heavy (non-hydrogen) atoms. The Hall–Kier alpha value is -4.34. The van der Waals surface area contributed by atoms with Crippen molar-refractivity contribution in [2.24, 2.45) is 0 Å². The Bertz CT molecular complexity index is 1550. The van der Waals surface area contributed by atoms with Crippen molar-refractivity contribution in [1.82, 2.24) is 20.2 Å². The second kappa shape index (κ2) is 11.5. The second-order valence-corrected chi connectivity index (χ2v) is 12.2. The van der Waals surface area contributed by atoms with Crippen LogP contribution in [0.1, 0.15) is 53.5 Å². The van der Waals surface area contributed by atoms with Crippen LogP contribution in [0.15, 0.2) is 41.3 Å². The Labute approximate surface area is 246 Å². The molecule has 1 aromatic carbocycles. The van der Waals surface area contributed by atoms with Gasteiger partial charge >= 0.3 is 6.09 Å². The van der Waals surface area contributed by atoms with Gasteiger partial charge in [-0.15, -0.1) is 0 Å². The smallest absolute Gasteiger partial charge is 0.410 e. The fraction of sp³-hybridized carbons (Fsp3) is 0.438. The van der Waals surface area contributed by atoms with Crippen molar-refractivity contribution < 1.29 is 14.3 Å². The first-order valence-electron chi connectivity index (χ1n) is 14.4. The summed E-state index contributed by atoms with van der Waals surface area (Å²) in [4.78, 5) is 52.0. The molecule has 1 fully saturated rings. The number of nitrogens with one attached hydrogen (secondary N) is 2. The van der Waals surface area contributed by atoms with Gasteiger partial charge in [-0.2, -0.15) is 0 Å². The van der Waals surface area contributed by atoms with Crippen LogP contribution in [0.25, 0.3) is 11.1 Å². The third-order valence-electron chi connectivity index (χ3n) is 7.84. The minimum absolute atomic E-state index is 0.159. The lowest BCUT2D eigenvalue weighted by atomic mass is 9.97. The Morgan fingerprint density at radius 3 is 2.40 bits per heavy atom. The van der Waals surface area contributed by atoms with Crippen molar-refractivity contribution in [3.05, 3.63) is 74.8 Å². The van der Waals surface area contributed by atoms with Crippen LogP contribution in [0.5, 0.6) is 0 Å². The van der Waals surface area contributed by atoms with E-state index in [2.05, 4.69) is 26.2 Å². The summed E-state index contributed by atoms with van der Waals surface area (Å²) in [6.07, 6.45) is 2.34. The first kappa shape index (κ1) is 29.2. The van der Waals surface area contributed by atoms with E-state index in [0.717, 1.165) is 52.4 Å². The van der Waals surface area contributed by atoms with Crippen LogP contribution in [0.4, 0.5) is 16.3 Å². The quantitative estimate of drug-likeness (QED) is 0.475. The number of ether oxygens (including phenoxy) is 1. The van der Waals surface area contributed by atoms with E-state index < -0.39 is 5.60 Å². The van der Waals surface area contributed by atoms with E-state index >= 15 is 0 Å². The number of aromatic nitrogens is 2. The van der Waals surface area contributed by atoms with E-state index in [1.54, 1.807) is 4.90 Å². The topological polar surface area (TPSA) is 111 Å². The lowest BCUT2D eigenvalue weighted by Crippen LogP contribution is -2.50. The lowest BCUT2D eigenvalue weighted by Gasteiger charge is -2.36. The number of anilines is 2. The number of piperazine rings is 1. The van der Waals surface area contributed by atoms with Crippen molar-refractivity contribution in [1.29, 1.82) is 0 Å². The predicted molar refractivity (Wildman–Crippen MR) is 164 cm³/mol. The molecule has 1 saturated heterocycles. The number of likely N-dealkylation sites (N-methyl/N-ethyl adjacent to an activating group) is 1. The molecule has 0 spiro atoms. The fourth-order valence-electron chi connectivity index (χ4n) is 5.58. The zero-order valence-electron chi connectivity index (χ0n) is 25.3. The molecule has 2 aromatic heterocycles. The van der Waals surface area contributed by atoms with E-state index in [1.807, 2.05) is 72.1 Å². The summed E-state index contributed by atoms with van der Waals surface area (Å²) in [5.41, 5.74) is 6.00. The van der Waals surface area contributed by atoms with Crippen LogP contribution in [-0.4, -0.2) is 72.2 Å². The molecule has 2 N–H and O–H groups in total. The monoisotopic (exact) mass is 572 g/mol. The van der Waals surface area contributed by atoms with Gasteiger partial charge in [-0.05, 0) is 88.1 Å². The molecular weight excluding hydrogens is 532 g/mol. The molecule has 0 radical (unpaired) electrons. The number of aryl methyl sites for hydroxylation is 2. The molecule has 3 aromatic rings. The van der Waals surface area contributed by atoms with Crippen LogP contribution in [-0.2, 0) is 17.7 Å². The van der Waals surface area contributed by atoms with Gasteiger partial charge in [0.2, 0.25) is 0 Å². The summed E-state index contributed by atoms with van der Waals surface area (Å²) in [6, 6.07) is 9.96. The highest BCUT2D eigenvalue weighted by molar-refractivity contribution is 5.99. The van der Waals surface area contributed by atoms with Crippen LogP contribution < -0.4 is 20.7 Å². The molecule has 0 aliphatic carbocycles. The van der Waals surface area contributed by atoms with Gasteiger partial charge in [0.15, 0.2) is 0 Å². The van der Waals surface area contributed by atoms with Gasteiger partial charge in [-0.1, -0.05) is 0 Å². The maximum Gasteiger partial charge on any atom is 0.410 e. The first-order chi connectivity index (χ1) is 19.9. The van der Waals surface area contributed by atoms with E-state index in [0.29, 0.717) is 37.3 Å². The summed E-state index contributed by atoms with van der Waals surface area (Å²) in [5, 5.41) is 2.98.